The van der Waals surface area contributed by atoms with Crippen molar-refractivity contribution in [1.82, 2.24) is 10.2 Å². The molecule has 0 amide bonds. The molecular weight excluding hydrogens is 244 g/mol. The van der Waals surface area contributed by atoms with Crippen molar-refractivity contribution in [1.29, 1.82) is 0 Å². The second-order valence-corrected chi connectivity index (χ2v) is 7.39. The Balaban J connectivity index is 1.77. The van der Waals surface area contributed by atoms with Gasteiger partial charge in [-0.25, -0.2) is 0 Å². The van der Waals surface area contributed by atoms with Crippen molar-refractivity contribution in [2.45, 2.75) is 71.6 Å². The maximum atomic E-state index is 3.71. The van der Waals surface area contributed by atoms with Crippen LogP contribution in [0.4, 0.5) is 0 Å². The molecule has 0 aromatic heterocycles. The summed E-state index contributed by atoms with van der Waals surface area (Å²) in [5.74, 6) is 1.02. The molecule has 2 heteroatoms. The van der Waals surface area contributed by atoms with E-state index < -0.39 is 0 Å². The van der Waals surface area contributed by atoms with E-state index in [4.69, 9.17) is 0 Å². The SMILES string of the molecule is CCCNCC1(CN2CCC(CCC)CC2)CCCC1. The van der Waals surface area contributed by atoms with E-state index in [9.17, 15) is 0 Å². The van der Waals surface area contributed by atoms with Crippen LogP contribution >= 0.6 is 0 Å². The summed E-state index contributed by atoms with van der Waals surface area (Å²) in [6.45, 7) is 11.1. The zero-order valence-electron chi connectivity index (χ0n) is 13.9. The van der Waals surface area contributed by atoms with E-state index in [1.165, 1.54) is 90.5 Å². The van der Waals surface area contributed by atoms with Crippen LogP contribution in [-0.2, 0) is 0 Å². The quantitative estimate of drug-likeness (QED) is 0.675. The van der Waals surface area contributed by atoms with Gasteiger partial charge in [-0.2, -0.15) is 0 Å². The van der Waals surface area contributed by atoms with Gasteiger partial charge in [0, 0.05) is 13.1 Å². The summed E-state index contributed by atoms with van der Waals surface area (Å²) in [6.07, 6.45) is 12.8. The lowest BCUT2D eigenvalue weighted by Crippen LogP contribution is -2.45. The molecule has 0 unspecified atom stereocenters. The fraction of sp³-hybridized carbons (Fsp3) is 1.00. The average molecular weight is 280 g/mol. The monoisotopic (exact) mass is 280 g/mol. The lowest BCUT2D eigenvalue weighted by atomic mass is 9.84. The molecule has 1 N–H and O–H groups in total. The van der Waals surface area contributed by atoms with Gasteiger partial charge in [-0.05, 0) is 63.1 Å². The lowest BCUT2D eigenvalue weighted by Gasteiger charge is -2.39. The van der Waals surface area contributed by atoms with Crippen molar-refractivity contribution in [2.75, 3.05) is 32.7 Å². The van der Waals surface area contributed by atoms with Crippen LogP contribution in [0.5, 0.6) is 0 Å². The van der Waals surface area contributed by atoms with E-state index in [0.29, 0.717) is 5.41 Å². The lowest BCUT2D eigenvalue weighted by molar-refractivity contribution is 0.108. The number of hydrogen-bond donors (Lipinski definition) is 1. The Morgan fingerprint density at radius 1 is 1.05 bits per heavy atom. The topological polar surface area (TPSA) is 15.3 Å². The summed E-state index contributed by atoms with van der Waals surface area (Å²) < 4.78 is 0. The number of likely N-dealkylation sites (tertiary alicyclic amines) is 1. The summed E-state index contributed by atoms with van der Waals surface area (Å²) in [7, 11) is 0. The van der Waals surface area contributed by atoms with Crippen LogP contribution in [0.1, 0.15) is 71.6 Å². The molecule has 2 aliphatic rings. The highest BCUT2D eigenvalue weighted by atomic mass is 15.1. The number of nitrogens with one attached hydrogen (secondary N) is 1. The molecule has 0 aromatic rings. The maximum absolute atomic E-state index is 3.71. The summed E-state index contributed by atoms with van der Waals surface area (Å²) in [6, 6.07) is 0. The fourth-order valence-corrected chi connectivity index (χ4v) is 4.36. The van der Waals surface area contributed by atoms with Crippen LogP contribution in [0, 0.1) is 11.3 Å². The van der Waals surface area contributed by atoms with Gasteiger partial charge in [-0.15, -0.1) is 0 Å². The zero-order chi connectivity index (χ0) is 14.3. The standard InChI is InChI=1S/C18H36N2/c1-3-7-17-8-13-20(14-9-17)16-18(10-5-6-11-18)15-19-12-4-2/h17,19H,3-16H2,1-2H3. The third kappa shape index (κ3) is 4.73. The number of nitrogens with zero attached hydrogens (tertiary/aromatic N) is 1. The number of piperidine rings is 1. The number of rotatable bonds is 8. The Labute approximate surface area is 126 Å². The molecule has 118 valence electrons. The minimum atomic E-state index is 0.604. The van der Waals surface area contributed by atoms with E-state index >= 15 is 0 Å². The summed E-state index contributed by atoms with van der Waals surface area (Å²) in [5, 5.41) is 3.71. The molecule has 0 atom stereocenters. The van der Waals surface area contributed by atoms with E-state index in [1.807, 2.05) is 0 Å². The Morgan fingerprint density at radius 2 is 1.75 bits per heavy atom. The van der Waals surface area contributed by atoms with Gasteiger partial charge in [0.15, 0.2) is 0 Å². The van der Waals surface area contributed by atoms with Gasteiger partial charge in [-0.3, -0.25) is 0 Å². The molecular formula is C18H36N2. The van der Waals surface area contributed by atoms with E-state index in [1.54, 1.807) is 0 Å². The van der Waals surface area contributed by atoms with Gasteiger partial charge >= 0.3 is 0 Å². The molecule has 1 saturated carbocycles. The first-order chi connectivity index (χ1) is 9.78. The molecule has 1 saturated heterocycles. The van der Waals surface area contributed by atoms with Gasteiger partial charge in [0.2, 0.25) is 0 Å². The molecule has 2 rings (SSSR count). The van der Waals surface area contributed by atoms with Gasteiger partial charge in [-0.1, -0.05) is 39.5 Å². The van der Waals surface area contributed by atoms with Crippen molar-refractivity contribution in [3.63, 3.8) is 0 Å². The van der Waals surface area contributed by atoms with Crippen LogP contribution in [0.25, 0.3) is 0 Å². The minimum absolute atomic E-state index is 0.604. The van der Waals surface area contributed by atoms with Gasteiger partial charge < -0.3 is 10.2 Å². The van der Waals surface area contributed by atoms with E-state index in [0.717, 1.165) is 5.92 Å². The molecule has 20 heavy (non-hydrogen) atoms. The third-order valence-corrected chi connectivity index (χ3v) is 5.55. The molecule has 1 heterocycles. The third-order valence-electron chi connectivity index (χ3n) is 5.55. The molecule has 1 aliphatic carbocycles. The van der Waals surface area contributed by atoms with Crippen molar-refractivity contribution >= 4 is 0 Å². The van der Waals surface area contributed by atoms with Crippen LogP contribution in [-0.4, -0.2) is 37.6 Å². The average Bonchev–Trinajstić information content (AvgIpc) is 2.90. The first-order valence-electron chi connectivity index (χ1n) is 9.21. The molecule has 0 aromatic carbocycles. The summed E-state index contributed by atoms with van der Waals surface area (Å²) >= 11 is 0. The summed E-state index contributed by atoms with van der Waals surface area (Å²) in [4.78, 5) is 2.78. The van der Waals surface area contributed by atoms with Crippen LogP contribution in [0.3, 0.4) is 0 Å². The Kier molecular flexibility index (Phi) is 6.83. The predicted molar refractivity (Wildman–Crippen MR) is 88.1 cm³/mol. The Morgan fingerprint density at radius 3 is 2.35 bits per heavy atom. The smallest absolute Gasteiger partial charge is 0.00501 e. The molecule has 1 aliphatic heterocycles. The Bertz CT molecular complexity index is 250. The highest BCUT2D eigenvalue weighted by molar-refractivity contribution is 4.90. The normalized spacial score (nSPS) is 24.3. The fourth-order valence-electron chi connectivity index (χ4n) is 4.36. The highest BCUT2D eigenvalue weighted by Crippen LogP contribution is 2.39. The van der Waals surface area contributed by atoms with Crippen molar-refractivity contribution in [3.8, 4) is 0 Å². The second-order valence-electron chi connectivity index (χ2n) is 7.39. The largest absolute Gasteiger partial charge is 0.316 e. The van der Waals surface area contributed by atoms with E-state index in [-0.39, 0.29) is 0 Å². The predicted octanol–water partition coefficient (Wildman–Crippen LogP) is 4.06. The zero-order valence-corrected chi connectivity index (χ0v) is 13.9. The molecule has 0 spiro atoms. The minimum Gasteiger partial charge on any atom is -0.316 e. The van der Waals surface area contributed by atoms with Crippen LogP contribution < -0.4 is 5.32 Å². The van der Waals surface area contributed by atoms with Crippen molar-refractivity contribution in [3.05, 3.63) is 0 Å². The maximum Gasteiger partial charge on any atom is 0.00501 e. The van der Waals surface area contributed by atoms with Gasteiger partial charge in [0.25, 0.3) is 0 Å². The number of hydrogen-bond acceptors (Lipinski definition) is 2. The van der Waals surface area contributed by atoms with Crippen LogP contribution in [0.2, 0.25) is 0 Å². The van der Waals surface area contributed by atoms with Gasteiger partial charge in [0.1, 0.15) is 0 Å². The van der Waals surface area contributed by atoms with Crippen molar-refractivity contribution < 1.29 is 0 Å². The molecule has 2 nitrogen and oxygen atoms in total. The molecule has 2 fully saturated rings. The Hall–Kier alpha value is -0.0800. The molecule has 0 bridgehead atoms. The highest BCUT2D eigenvalue weighted by Gasteiger charge is 2.35. The first kappa shape index (κ1) is 16.3. The van der Waals surface area contributed by atoms with E-state index in [2.05, 4.69) is 24.1 Å². The second kappa shape index (κ2) is 8.38. The first-order valence-corrected chi connectivity index (χ1v) is 9.21. The van der Waals surface area contributed by atoms with Crippen molar-refractivity contribution in [2.24, 2.45) is 11.3 Å². The molecule has 0 radical (unpaired) electrons. The van der Waals surface area contributed by atoms with Crippen LogP contribution in [0.15, 0.2) is 0 Å². The summed E-state index contributed by atoms with van der Waals surface area (Å²) in [5.41, 5.74) is 0.604. The van der Waals surface area contributed by atoms with Gasteiger partial charge in [0.05, 0.1) is 0 Å².